The van der Waals surface area contributed by atoms with E-state index in [9.17, 15) is 9.59 Å². The largest absolute Gasteiger partial charge is 0.487 e. The third-order valence-electron chi connectivity index (χ3n) is 8.42. The number of anilines is 3. The summed E-state index contributed by atoms with van der Waals surface area (Å²) in [5, 5.41) is 6.71. The third-order valence-corrected chi connectivity index (χ3v) is 8.42. The Bertz CT molecular complexity index is 1230. The van der Waals surface area contributed by atoms with E-state index < -0.39 is 5.91 Å². The molecule has 202 valence electrons. The van der Waals surface area contributed by atoms with Gasteiger partial charge in [-0.1, -0.05) is 0 Å². The Balaban J connectivity index is 1.21. The number of ether oxygens (including phenoxy) is 1. The molecule has 4 N–H and O–H groups in total. The Hall–Kier alpha value is -3.60. The number of primary amides is 1. The number of hydrogen-bond donors (Lipinski definition) is 3. The van der Waals surface area contributed by atoms with Crippen LogP contribution in [0, 0.1) is 0 Å². The van der Waals surface area contributed by atoms with Crippen LogP contribution in [0.5, 0.6) is 5.75 Å². The molecular formula is C27H36N8O3. The number of piperidine rings is 2. The van der Waals surface area contributed by atoms with Gasteiger partial charge in [0.1, 0.15) is 17.2 Å². The highest BCUT2D eigenvalue weighted by Crippen LogP contribution is 2.39. The second kappa shape index (κ2) is 9.94. The van der Waals surface area contributed by atoms with Crippen LogP contribution in [0.1, 0.15) is 48.2 Å². The maximum absolute atomic E-state index is 12.5. The molecule has 2 aromatic rings. The molecule has 0 aliphatic carbocycles. The first-order valence-corrected chi connectivity index (χ1v) is 13.6. The number of nitrogens with one attached hydrogen (secondary N) is 2. The highest BCUT2D eigenvalue weighted by molar-refractivity contribution is 5.96. The third kappa shape index (κ3) is 4.70. The van der Waals surface area contributed by atoms with Crippen molar-refractivity contribution in [1.29, 1.82) is 0 Å². The van der Waals surface area contributed by atoms with Crippen LogP contribution in [-0.4, -0.2) is 89.7 Å². The summed E-state index contributed by atoms with van der Waals surface area (Å²) in [5.41, 5.74) is 7.64. The van der Waals surface area contributed by atoms with Gasteiger partial charge >= 0.3 is 6.03 Å². The summed E-state index contributed by atoms with van der Waals surface area (Å²) in [7, 11) is 1.84. The summed E-state index contributed by atoms with van der Waals surface area (Å²) in [5.74, 6) is 1.29. The summed E-state index contributed by atoms with van der Waals surface area (Å²) >= 11 is 0. The van der Waals surface area contributed by atoms with Crippen molar-refractivity contribution in [2.45, 2.75) is 50.2 Å². The number of nitrogens with two attached hydrogens (primary N) is 1. The molecule has 6 rings (SSSR count). The zero-order valence-electron chi connectivity index (χ0n) is 21.9. The monoisotopic (exact) mass is 520 g/mol. The molecule has 5 heterocycles. The molecule has 3 fully saturated rings. The fraction of sp³-hybridized carbons (Fsp3) is 0.556. The SMILES string of the molecule is CN1CCN([C@@H]2CCCN(c3cnc(C(N)=O)c(Nc4ccc5c(c4)CCC4(CCNCC4)O5)n3)C2)C1=O. The number of carbonyl (C=O) groups excluding carboxylic acids is 2. The van der Waals surface area contributed by atoms with Crippen LogP contribution in [0.4, 0.5) is 22.1 Å². The second-order valence-corrected chi connectivity index (χ2v) is 10.9. The van der Waals surface area contributed by atoms with E-state index in [1.807, 2.05) is 24.1 Å². The fourth-order valence-electron chi connectivity index (χ4n) is 6.19. The van der Waals surface area contributed by atoms with Gasteiger partial charge in [-0.15, -0.1) is 0 Å². The first-order valence-electron chi connectivity index (χ1n) is 13.6. The maximum atomic E-state index is 12.5. The van der Waals surface area contributed by atoms with Crippen molar-refractivity contribution in [1.82, 2.24) is 25.1 Å². The number of urea groups is 1. The molecular weight excluding hydrogens is 484 g/mol. The first kappa shape index (κ1) is 24.7. The minimum atomic E-state index is -0.636. The van der Waals surface area contributed by atoms with Crippen LogP contribution in [0.25, 0.3) is 0 Å². The molecule has 11 heteroatoms. The van der Waals surface area contributed by atoms with Gasteiger partial charge in [0.05, 0.1) is 12.2 Å². The summed E-state index contributed by atoms with van der Waals surface area (Å²) in [6, 6.07) is 6.22. The number of aromatic nitrogens is 2. The number of carbonyl (C=O) groups is 2. The van der Waals surface area contributed by atoms with Gasteiger partial charge in [0, 0.05) is 38.9 Å². The van der Waals surface area contributed by atoms with Crippen LogP contribution in [0.15, 0.2) is 24.4 Å². The van der Waals surface area contributed by atoms with Crippen LogP contribution in [0.2, 0.25) is 0 Å². The number of likely N-dealkylation sites (N-methyl/N-ethyl adjacent to an activating group) is 1. The van der Waals surface area contributed by atoms with E-state index in [1.165, 1.54) is 0 Å². The normalized spacial score (nSPS) is 22.8. The number of fused-ring (bicyclic) bond motifs is 1. The molecule has 0 unspecified atom stereocenters. The lowest BCUT2D eigenvalue weighted by atomic mass is 9.83. The van der Waals surface area contributed by atoms with Crippen molar-refractivity contribution in [2.75, 3.05) is 56.5 Å². The van der Waals surface area contributed by atoms with Crippen LogP contribution >= 0.6 is 0 Å². The molecule has 11 nitrogen and oxygen atoms in total. The van der Waals surface area contributed by atoms with Crippen LogP contribution in [0.3, 0.4) is 0 Å². The predicted molar refractivity (Wildman–Crippen MR) is 144 cm³/mol. The summed E-state index contributed by atoms with van der Waals surface area (Å²) < 4.78 is 6.48. The molecule has 1 aromatic heterocycles. The second-order valence-electron chi connectivity index (χ2n) is 10.9. The highest BCUT2D eigenvalue weighted by atomic mass is 16.5. The summed E-state index contributed by atoms with van der Waals surface area (Å²) in [6.45, 7) is 4.96. The lowest BCUT2D eigenvalue weighted by Gasteiger charge is -2.41. The van der Waals surface area contributed by atoms with E-state index in [0.29, 0.717) is 18.2 Å². The van der Waals surface area contributed by atoms with E-state index >= 15 is 0 Å². The predicted octanol–water partition coefficient (Wildman–Crippen LogP) is 2.10. The van der Waals surface area contributed by atoms with E-state index in [0.717, 1.165) is 88.2 Å². The Kier molecular flexibility index (Phi) is 6.46. The van der Waals surface area contributed by atoms with Crippen molar-refractivity contribution in [2.24, 2.45) is 5.73 Å². The van der Waals surface area contributed by atoms with E-state index in [4.69, 9.17) is 15.5 Å². The minimum Gasteiger partial charge on any atom is -0.487 e. The number of hydrogen-bond acceptors (Lipinski definition) is 8. The van der Waals surface area contributed by atoms with Gasteiger partial charge in [-0.25, -0.2) is 14.8 Å². The van der Waals surface area contributed by atoms with Gasteiger partial charge in [0.25, 0.3) is 5.91 Å². The Morgan fingerprint density at radius 1 is 1.21 bits per heavy atom. The number of aryl methyl sites for hydroxylation is 1. The van der Waals surface area contributed by atoms with E-state index in [2.05, 4.69) is 26.6 Å². The van der Waals surface area contributed by atoms with Crippen molar-refractivity contribution in [3.8, 4) is 5.75 Å². The standard InChI is InChI=1S/C27H36N8O3/c1-33-13-14-35(26(33)37)20-3-2-12-34(17-20)22-16-30-23(24(28)36)25(32-22)31-19-4-5-21-18(15-19)6-7-27(38-21)8-10-29-11-9-27/h4-5,15-16,20,29H,2-3,6-14,17H2,1H3,(H2,28,36)(H,31,32)/t20-/m1/s1. The van der Waals surface area contributed by atoms with Crippen molar-refractivity contribution >= 4 is 29.3 Å². The zero-order valence-corrected chi connectivity index (χ0v) is 21.9. The lowest BCUT2D eigenvalue weighted by Crippen LogP contribution is -2.49. The molecule has 1 spiro atoms. The average Bonchev–Trinajstić information content (AvgIpc) is 3.27. The van der Waals surface area contributed by atoms with Gasteiger partial charge in [0.15, 0.2) is 11.5 Å². The Labute approximate surface area is 222 Å². The average molecular weight is 521 g/mol. The quantitative estimate of drug-likeness (QED) is 0.547. The summed E-state index contributed by atoms with van der Waals surface area (Å²) in [4.78, 5) is 39.8. The van der Waals surface area contributed by atoms with Crippen LogP contribution < -0.4 is 26.0 Å². The maximum Gasteiger partial charge on any atom is 0.320 e. The number of nitrogens with zero attached hydrogens (tertiary/aromatic N) is 5. The topological polar surface area (TPSA) is 129 Å². The smallest absolute Gasteiger partial charge is 0.320 e. The summed E-state index contributed by atoms with van der Waals surface area (Å²) in [6.07, 6.45) is 7.50. The van der Waals surface area contributed by atoms with Crippen molar-refractivity contribution < 1.29 is 14.3 Å². The minimum absolute atomic E-state index is 0.0620. The number of rotatable bonds is 5. The van der Waals surface area contributed by atoms with Crippen molar-refractivity contribution in [3.05, 3.63) is 35.7 Å². The molecule has 0 saturated carbocycles. The number of benzene rings is 1. The number of amides is 3. The molecule has 3 saturated heterocycles. The van der Waals surface area contributed by atoms with E-state index in [-0.39, 0.29) is 23.4 Å². The molecule has 4 aliphatic heterocycles. The highest BCUT2D eigenvalue weighted by Gasteiger charge is 2.38. The molecule has 0 bridgehead atoms. The van der Waals surface area contributed by atoms with Gasteiger partial charge < -0.3 is 35.8 Å². The zero-order chi connectivity index (χ0) is 26.3. The van der Waals surface area contributed by atoms with Gasteiger partial charge in [0.2, 0.25) is 0 Å². The van der Waals surface area contributed by atoms with Gasteiger partial charge in [-0.2, -0.15) is 0 Å². The Morgan fingerprint density at radius 2 is 2.05 bits per heavy atom. The molecule has 4 aliphatic rings. The fourth-order valence-corrected chi connectivity index (χ4v) is 6.19. The molecule has 1 aromatic carbocycles. The molecule has 1 atom stereocenters. The molecule has 0 radical (unpaired) electrons. The lowest BCUT2D eigenvalue weighted by molar-refractivity contribution is 0.0170. The van der Waals surface area contributed by atoms with E-state index in [1.54, 1.807) is 11.1 Å². The first-order chi connectivity index (χ1) is 18.4. The van der Waals surface area contributed by atoms with Gasteiger partial charge in [-0.05, 0) is 75.4 Å². The van der Waals surface area contributed by atoms with Crippen LogP contribution in [-0.2, 0) is 6.42 Å². The molecule has 38 heavy (non-hydrogen) atoms. The molecule has 3 amide bonds. The van der Waals surface area contributed by atoms with Gasteiger partial charge in [-0.3, -0.25) is 4.79 Å². The Morgan fingerprint density at radius 3 is 2.82 bits per heavy atom. The van der Waals surface area contributed by atoms with Crippen molar-refractivity contribution in [3.63, 3.8) is 0 Å².